The lowest BCUT2D eigenvalue weighted by Crippen LogP contribution is -2.28. The number of aliphatic hydroxyl groups is 1. The van der Waals surface area contributed by atoms with Gasteiger partial charge in [-0.1, -0.05) is 29.8 Å². The Kier molecular flexibility index (Phi) is 7.95. The first-order valence-electron chi connectivity index (χ1n) is 8.93. The van der Waals surface area contributed by atoms with Crippen molar-refractivity contribution in [2.75, 3.05) is 13.7 Å². The van der Waals surface area contributed by atoms with Crippen LogP contribution >= 0.6 is 11.6 Å². The number of methoxy groups -OCH3 is 1. The fraction of sp³-hybridized carbons (Fsp3) is 0.381. The number of aliphatic hydroxyl groups excluding tert-OH is 1. The molecule has 0 heterocycles. The monoisotopic (exact) mass is 391 g/mol. The summed E-state index contributed by atoms with van der Waals surface area (Å²) in [4.78, 5) is 12.1. The number of carbonyl (C=O) groups excluding carboxylic acids is 1. The Morgan fingerprint density at radius 2 is 2.00 bits per heavy atom. The fourth-order valence-electron chi connectivity index (χ4n) is 2.61. The van der Waals surface area contributed by atoms with E-state index in [-0.39, 0.29) is 18.6 Å². The average Bonchev–Trinajstić information content (AvgIpc) is 2.64. The third kappa shape index (κ3) is 6.77. The minimum absolute atomic E-state index is 0.0588. The molecule has 0 aliphatic heterocycles. The van der Waals surface area contributed by atoms with Gasteiger partial charge in [-0.2, -0.15) is 0 Å². The van der Waals surface area contributed by atoms with E-state index in [1.807, 2.05) is 38.1 Å². The van der Waals surface area contributed by atoms with E-state index in [1.54, 1.807) is 25.3 Å². The summed E-state index contributed by atoms with van der Waals surface area (Å²) in [6.45, 7) is 4.03. The standard InChI is InChI=1S/C21H26ClNO4/c1-14(2)27-17-6-4-5-16(12-17)19(24)13-23-21(25)10-8-15-7-9-20(26-3)18(22)11-15/h4-7,9,11-12,14,19,24H,8,10,13H2,1-3H3,(H,23,25). The highest BCUT2D eigenvalue weighted by atomic mass is 35.5. The SMILES string of the molecule is COc1ccc(CCC(=O)NCC(O)c2cccc(OC(C)C)c2)cc1Cl. The number of nitrogens with one attached hydrogen (secondary N) is 1. The van der Waals surface area contributed by atoms with Gasteiger partial charge in [0.2, 0.25) is 5.91 Å². The molecule has 0 radical (unpaired) electrons. The normalized spacial score (nSPS) is 11.9. The number of ether oxygens (including phenoxy) is 2. The van der Waals surface area contributed by atoms with E-state index in [0.29, 0.717) is 34.9 Å². The van der Waals surface area contributed by atoms with Crippen LogP contribution in [-0.2, 0) is 11.2 Å². The molecule has 2 N–H and O–H groups in total. The molecule has 0 aliphatic rings. The van der Waals surface area contributed by atoms with Gasteiger partial charge in [-0.05, 0) is 55.7 Å². The van der Waals surface area contributed by atoms with Crippen LogP contribution in [0.5, 0.6) is 11.5 Å². The van der Waals surface area contributed by atoms with Crippen LogP contribution in [0.3, 0.4) is 0 Å². The summed E-state index contributed by atoms with van der Waals surface area (Å²) in [7, 11) is 1.56. The quantitative estimate of drug-likeness (QED) is 0.679. The summed E-state index contributed by atoms with van der Waals surface area (Å²) in [5.41, 5.74) is 1.66. The summed E-state index contributed by atoms with van der Waals surface area (Å²) >= 11 is 6.09. The molecule has 0 aliphatic carbocycles. The van der Waals surface area contributed by atoms with Crippen LogP contribution in [0.4, 0.5) is 0 Å². The number of aryl methyl sites for hydroxylation is 1. The molecule has 1 amide bonds. The Labute approximate surface area is 165 Å². The predicted octanol–water partition coefficient (Wildman–Crippen LogP) is 3.92. The van der Waals surface area contributed by atoms with Crippen LogP contribution in [0.1, 0.15) is 37.5 Å². The van der Waals surface area contributed by atoms with Crippen LogP contribution in [0.2, 0.25) is 5.02 Å². The first-order valence-corrected chi connectivity index (χ1v) is 9.30. The number of carbonyl (C=O) groups is 1. The molecular formula is C21H26ClNO4. The van der Waals surface area contributed by atoms with Crippen LogP contribution in [0, 0.1) is 0 Å². The molecule has 0 spiro atoms. The molecule has 1 atom stereocenters. The van der Waals surface area contributed by atoms with Crippen molar-refractivity contribution >= 4 is 17.5 Å². The van der Waals surface area contributed by atoms with Gasteiger partial charge in [0.25, 0.3) is 0 Å². The van der Waals surface area contributed by atoms with Gasteiger partial charge in [0, 0.05) is 13.0 Å². The van der Waals surface area contributed by atoms with Gasteiger partial charge in [-0.25, -0.2) is 0 Å². The van der Waals surface area contributed by atoms with Gasteiger partial charge in [-0.15, -0.1) is 0 Å². The van der Waals surface area contributed by atoms with Gasteiger partial charge in [0.15, 0.2) is 0 Å². The van der Waals surface area contributed by atoms with E-state index in [1.165, 1.54) is 0 Å². The maximum Gasteiger partial charge on any atom is 0.220 e. The van der Waals surface area contributed by atoms with Gasteiger partial charge in [-0.3, -0.25) is 4.79 Å². The number of halogens is 1. The molecule has 0 saturated carbocycles. The second-order valence-electron chi connectivity index (χ2n) is 6.53. The zero-order valence-electron chi connectivity index (χ0n) is 15.9. The zero-order valence-corrected chi connectivity index (χ0v) is 16.6. The Morgan fingerprint density at radius 3 is 2.67 bits per heavy atom. The highest BCUT2D eigenvalue weighted by molar-refractivity contribution is 6.32. The second-order valence-corrected chi connectivity index (χ2v) is 6.94. The topological polar surface area (TPSA) is 67.8 Å². The molecular weight excluding hydrogens is 366 g/mol. The van der Waals surface area contributed by atoms with Crippen molar-refractivity contribution in [3.8, 4) is 11.5 Å². The maximum absolute atomic E-state index is 12.1. The van der Waals surface area contributed by atoms with E-state index in [0.717, 1.165) is 5.56 Å². The van der Waals surface area contributed by atoms with Gasteiger partial charge in [0.05, 0.1) is 24.3 Å². The first kappa shape index (κ1) is 21.1. The molecule has 0 bridgehead atoms. The third-order valence-corrected chi connectivity index (χ3v) is 4.26. The van der Waals surface area contributed by atoms with Crippen LogP contribution in [-0.4, -0.2) is 30.8 Å². The average molecular weight is 392 g/mol. The van der Waals surface area contributed by atoms with Crippen LogP contribution in [0.15, 0.2) is 42.5 Å². The van der Waals surface area contributed by atoms with Gasteiger partial charge < -0.3 is 19.9 Å². The Morgan fingerprint density at radius 1 is 1.22 bits per heavy atom. The van der Waals surface area contributed by atoms with Crippen LogP contribution in [0.25, 0.3) is 0 Å². The third-order valence-electron chi connectivity index (χ3n) is 3.96. The second kappa shape index (κ2) is 10.2. The summed E-state index contributed by atoms with van der Waals surface area (Å²) in [6, 6.07) is 12.7. The maximum atomic E-state index is 12.1. The molecule has 146 valence electrons. The molecule has 0 saturated heterocycles. The van der Waals surface area contributed by atoms with E-state index in [9.17, 15) is 9.90 Å². The van der Waals surface area contributed by atoms with Crippen molar-refractivity contribution in [3.05, 3.63) is 58.6 Å². The van der Waals surface area contributed by atoms with Crippen molar-refractivity contribution in [1.29, 1.82) is 0 Å². The van der Waals surface area contributed by atoms with Crippen molar-refractivity contribution in [1.82, 2.24) is 5.32 Å². The molecule has 0 fully saturated rings. The molecule has 0 aromatic heterocycles. The predicted molar refractivity (Wildman–Crippen MR) is 107 cm³/mol. The number of benzene rings is 2. The highest BCUT2D eigenvalue weighted by Crippen LogP contribution is 2.25. The van der Waals surface area contributed by atoms with Crippen molar-refractivity contribution in [3.63, 3.8) is 0 Å². The van der Waals surface area contributed by atoms with Gasteiger partial charge >= 0.3 is 0 Å². The van der Waals surface area contributed by atoms with E-state index in [2.05, 4.69) is 5.32 Å². The first-order chi connectivity index (χ1) is 12.9. The highest BCUT2D eigenvalue weighted by Gasteiger charge is 2.11. The minimum atomic E-state index is -0.792. The Bertz CT molecular complexity index is 764. The molecule has 1 unspecified atom stereocenters. The molecule has 5 nitrogen and oxygen atoms in total. The fourth-order valence-corrected chi connectivity index (χ4v) is 2.89. The van der Waals surface area contributed by atoms with E-state index in [4.69, 9.17) is 21.1 Å². The number of rotatable bonds is 9. The number of amides is 1. The minimum Gasteiger partial charge on any atom is -0.495 e. The van der Waals surface area contributed by atoms with Crippen LogP contribution < -0.4 is 14.8 Å². The zero-order chi connectivity index (χ0) is 19.8. The molecule has 27 heavy (non-hydrogen) atoms. The molecule has 2 aromatic rings. The lowest BCUT2D eigenvalue weighted by molar-refractivity contribution is -0.121. The Balaban J connectivity index is 1.82. The molecule has 2 aromatic carbocycles. The van der Waals surface area contributed by atoms with Gasteiger partial charge in [0.1, 0.15) is 11.5 Å². The summed E-state index contributed by atoms with van der Waals surface area (Å²) in [5.74, 6) is 1.18. The van der Waals surface area contributed by atoms with Crippen molar-refractivity contribution < 1.29 is 19.4 Å². The molecule has 6 heteroatoms. The summed E-state index contributed by atoms with van der Waals surface area (Å²) < 4.78 is 10.7. The van der Waals surface area contributed by atoms with Crippen molar-refractivity contribution in [2.45, 2.75) is 38.9 Å². The number of hydrogen-bond acceptors (Lipinski definition) is 4. The lowest BCUT2D eigenvalue weighted by Gasteiger charge is -2.15. The largest absolute Gasteiger partial charge is 0.495 e. The van der Waals surface area contributed by atoms with E-state index >= 15 is 0 Å². The summed E-state index contributed by atoms with van der Waals surface area (Å²) in [6.07, 6.45) is 0.138. The molecule has 2 rings (SSSR count). The van der Waals surface area contributed by atoms with Crippen molar-refractivity contribution in [2.24, 2.45) is 0 Å². The number of hydrogen-bond donors (Lipinski definition) is 2. The lowest BCUT2D eigenvalue weighted by atomic mass is 10.1. The smallest absolute Gasteiger partial charge is 0.220 e. The summed E-state index contributed by atoms with van der Waals surface area (Å²) in [5, 5.41) is 13.6. The van der Waals surface area contributed by atoms with E-state index < -0.39 is 6.10 Å². The Hall–Kier alpha value is -2.24.